The molecule has 0 radical (unpaired) electrons. The molecule has 1 saturated heterocycles. The van der Waals surface area contributed by atoms with E-state index in [9.17, 15) is 9.90 Å². The number of nitrogens with zero attached hydrogens (tertiary/aromatic N) is 3. The van der Waals surface area contributed by atoms with Crippen molar-refractivity contribution in [1.29, 1.82) is 0 Å². The molecule has 4 saturated carbocycles. The molecule has 192 valence electrons. The molecule has 0 bridgehead atoms. The number of aliphatic hydroxyl groups is 1. The lowest BCUT2D eigenvalue weighted by Gasteiger charge is -2.61. The Morgan fingerprint density at radius 3 is 2.57 bits per heavy atom. The summed E-state index contributed by atoms with van der Waals surface area (Å²) >= 11 is 0. The van der Waals surface area contributed by atoms with Crippen molar-refractivity contribution >= 4 is 5.78 Å². The summed E-state index contributed by atoms with van der Waals surface area (Å²) in [6.45, 7) is 10.9. The van der Waals surface area contributed by atoms with Gasteiger partial charge in [0.05, 0.1) is 5.60 Å². The van der Waals surface area contributed by atoms with E-state index in [1.54, 1.807) is 0 Å². The van der Waals surface area contributed by atoms with E-state index in [-0.39, 0.29) is 5.41 Å². The Bertz CT molecular complexity index is 931. The zero-order chi connectivity index (χ0) is 24.3. The number of β-amino-alcohol motifs (C(OH)–C–C–N with tert-alkyl or cyclic N) is 1. The van der Waals surface area contributed by atoms with Crippen LogP contribution in [0.1, 0.15) is 77.2 Å². The van der Waals surface area contributed by atoms with Gasteiger partial charge in [0.1, 0.15) is 5.78 Å². The third-order valence-corrected chi connectivity index (χ3v) is 11.6. The lowest BCUT2D eigenvalue weighted by molar-refractivity contribution is -0.158. The normalized spacial score (nSPS) is 44.5. The Morgan fingerprint density at radius 1 is 1.00 bits per heavy atom. The molecule has 5 nitrogen and oxygen atoms in total. The maximum Gasteiger partial charge on any atom is 0.139 e. The SMILES string of the molecule is C[C@]12CCC(O)(CN3CCN(Cc4cccnc4)CC3)CC1CC[C@@H]1[C@H]2CC[C@]2(C)C(=O)CC[C@@H]12. The van der Waals surface area contributed by atoms with Crippen molar-refractivity contribution in [3.05, 3.63) is 30.1 Å². The highest BCUT2D eigenvalue weighted by Crippen LogP contribution is 2.66. The summed E-state index contributed by atoms with van der Waals surface area (Å²) < 4.78 is 0. The summed E-state index contributed by atoms with van der Waals surface area (Å²) in [6, 6.07) is 4.18. The van der Waals surface area contributed by atoms with E-state index in [4.69, 9.17) is 0 Å². The summed E-state index contributed by atoms with van der Waals surface area (Å²) in [5, 5.41) is 11.8. The maximum atomic E-state index is 12.7. The molecule has 1 N–H and O–H groups in total. The van der Waals surface area contributed by atoms with Gasteiger partial charge in [-0.3, -0.25) is 19.6 Å². The van der Waals surface area contributed by atoms with Gasteiger partial charge in [-0.05, 0) is 92.1 Å². The van der Waals surface area contributed by atoms with Gasteiger partial charge in [0.2, 0.25) is 0 Å². The average molecular weight is 480 g/mol. The molecule has 1 aromatic heterocycles. The predicted molar refractivity (Wildman–Crippen MR) is 138 cm³/mol. The number of hydrogen-bond acceptors (Lipinski definition) is 5. The fourth-order valence-corrected chi connectivity index (χ4v) is 9.51. The topological polar surface area (TPSA) is 56.7 Å². The fraction of sp³-hybridized carbons (Fsp3) is 0.800. The van der Waals surface area contributed by atoms with Crippen LogP contribution >= 0.6 is 0 Å². The summed E-state index contributed by atoms with van der Waals surface area (Å²) in [5.41, 5.74) is 1.07. The van der Waals surface area contributed by atoms with Crippen molar-refractivity contribution in [2.75, 3.05) is 32.7 Å². The zero-order valence-corrected chi connectivity index (χ0v) is 21.9. The average Bonchev–Trinajstić information content (AvgIpc) is 3.16. The van der Waals surface area contributed by atoms with Gasteiger partial charge in [-0.15, -0.1) is 0 Å². The highest BCUT2D eigenvalue weighted by molar-refractivity contribution is 5.87. The monoisotopic (exact) mass is 479 g/mol. The largest absolute Gasteiger partial charge is 0.389 e. The predicted octanol–water partition coefficient (Wildman–Crippen LogP) is 4.54. The van der Waals surface area contributed by atoms with E-state index in [2.05, 4.69) is 34.7 Å². The molecule has 2 unspecified atom stereocenters. The fourth-order valence-electron chi connectivity index (χ4n) is 9.51. The van der Waals surface area contributed by atoms with Crippen molar-refractivity contribution in [2.24, 2.45) is 34.5 Å². The molecule has 2 heterocycles. The van der Waals surface area contributed by atoms with Crippen LogP contribution < -0.4 is 0 Å². The first kappa shape index (κ1) is 24.1. The van der Waals surface area contributed by atoms with Gasteiger partial charge in [0.25, 0.3) is 0 Å². The van der Waals surface area contributed by atoms with Crippen LogP contribution in [0, 0.1) is 34.5 Å². The highest BCUT2D eigenvalue weighted by Gasteiger charge is 2.61. The first-order valence-electron chi connectivity index (χ1n) is 14.4. The maximum absolute atomic E-state index is 12.7. The number of aromatic nitrogens is 1. The molecule has 4 aliphatic carbocycles. The number of fused-ring (bicyclic) bond motifs is 5. The molecule has 0 aromatic carbocycles. The molecule has 0 spiro atoms. The van der Waals surface area contributed by atoms with Crippen LogP contribution in [0.4, 0.5) is 0 Å². The van der Waals surface area contributed by atoms with Gasteiger partial charge in [-0.2, -0.15) is 0 Å². The molecule has 7 atom stereocenters. The molecule has 1 aliphatic heterocycles. The Morgan fingerprint density at radius 2 is 1.80 bits per heavy atom. The van der Waals surface area contributed by atoms with E-state index in [1.807, 2.05) is 18.5 Å². The number of rotatable bonds is 4. The number of Topliss-reactive ketones (excluding diaryl/α,β-unsaturated/α-hetero) is 1. The van der Waals surface area contributed by atoms with Crippen molar-refractivity contribution in [1.82, 2.24) is 14.8 Å². The molecule has 0 amide bonds. The van der Waals surface area contributed by atoms with Crippen molar-refractivity contribution < 1.29 is 9.90 Å². The van der Waals surface area contributed by atoms with Crippen LogP contribution in [0.25, 0.3) is 0 Å². The van der Waals surface area contributed by atoms with E-state index < -0.39 is 5.60 Å². The van der Waals surface area contributed by atoms with Crippen LogP contribution in [0.2, 0.25) is 0 Å². The van der Waals surface area contributed by atoms with E-state index >= 15 is 0 Å². The van der Waals surface area contributed by atoms with E-state index in [1.165, 1.54) is 24.8 Å². The van der Waals surface area contributed by atoms with Crippen molar-refractivity contribution in [3.8, 4) is 0 Å². The highest BCUT2D eigenvalue weighted by atomic mass is 16.3. The second-order valence-corrected chi connectivity index (χ2v) is 13.4. The summed E-state index contributed by atoms with van der Waals surface area (Å²) in [7, 11) is 0. The van der Waals surface area contributed by atoms with Crippen molar-refractivity contribution in [3.63, 3.8) is 0 Å². The zero-order valence-electron chi connectivity index (χ0n) is 21.9. The Balaban J connectivity index is 1.06. The van der Waals surface area contributed by atoms with Gasteiger partial charge in [0.15, 0.2) is 0 Å². The second-order valence-electron chi connectivity index (χ2n) is 13.4. The van der Waals surface area contributed by atoms with E-state index in [0.717, 1.165) is 89.6 Å². The second kappa shape index (κ2) is 8.92. The first-order valence-corrected chi connectivity index (χ1v) is 14.4. The number of ketones is 1. The van der Waals surface area contributed by atoms with Gasteiger partial charge in [-0.25, -0.2) is 0 Å². The number of hydrogen-bond donors (Lipinski definition) is 1. The van der Waals surface area contributed by atoms with Crippen molar-refractivity contribution in [2.45, 2.75) is 83.8 Å². The van der Waals surface area contributed by atoms with Gasteiger partial charge in [-0.1, -0.05) is 19.9 Å². The molecule has 5 fully saturated rings. The minimum Gasteiger partial charge on any atom is -0.389 e. The van der Waals surface area contributed by atoms with Crippen LogP contribution in [0.3, 0.4) is 0 Å². The Labute approximate surface area is 211 Å². The summed E-state index contributed by atoms with van der Waals surface area (Å²) in [5.74, 6) is 3.30. The van der Waals surface area contributed by atoms with E-state index in [0.29, 0.717) is 23.0 Å². The standard InChI is InChI=1S/C30H45N3O2/c1-28-11-12-30(35,21-33-16-14-32(15-17-33)20-22-4-3-13-31-19-22)18-23(28)5-6-24-25-7-8-27(34)29(25,2)10-9-26(24)28/h3-4,13,19,23-26,35H,5-12,14-18,20-21H2,1-2H3/t23?,24-,25-,26+,28-,29-,30?/m0/s1. The number of pyridine rings is 1. The Kier molecular flexibility index (Phi) is 6.13. The smallest absolute Gasteiger partial charge is 0.139 e. The minimum absolute atomic E-state index is 0.0288. The lowest BCUT2D eigenvalue weighted by Crippen LogP contribution is -2.59. The molecule has 6 rings (SSSR count). The molecular formula is C30H45N3O2. The van der Waals surface area contributed by atoms with Crippen LogP contribution in [0.5, 0.6) is 0 Å². The first-order chi connectivity index (χ1) is 16.8. The summed E-state index contributed by atoms with van der Waals surface area (Å²) in [4.78, 5) is 22.0. The summed E-state index contributed by atoms with van der Waals surface area (Å²) in [6.07, 6.45) is 13.7. The van der Waals surface area contributed by atoms with Gasteiger partial charge < -0.3 is 5.11 Å². The van der Waals surface area contributed by atoms with Gasteiger partial charge >= 0.3 is 0 Å². The Hall–Kier alpha value is -1.30. The molecule has 5 heteroatoms. The molecular weight excluding hydrogens is 434 g/mol. The van der Waals surface area contributed by atoms with Crippen LogP contribution in [-0.4, -0.2) is 64.0 Å². The molecule has 5 aliphatic rings. The number of carbonyl (C=O) groups excluding carboxylic acids is 1. The quantitative estimate of drug-likeness (QED) is 0.687. The lowest BCUT2D eigenvalue weighted by atomic mass is 9.44. The number of piperazine rings is 1. The number of carbonyl (C=O) groups is 1. The van der Waals surface area contributed by atoms with Gasteiger partial charge in [0, 0.05) is 63.5 Å². The molecule has 1 aromatic rings. The third kappa shape index (κ3) is 4.20. The molecule has 35 heavy (non-hydrogen) atoms. The minimum atomic E-state index is -0.533. The van der Waals surface area contributed by atoms with Crippen LogP contribution in [0.15, 0.2) is 24.5 Å². The third-order valence-electron chi connectivity index (χ3n) is 11.6. The van der Waals surface area contributed by atoms with Crippen LogP contribution in [-0.2, 0) is 11.3 Å².